The van der Waals surface area contributed by atoms with Gasteiger partial charge in [0.15, 0.2) is 6.54 Å². The zero-order valence-corrected chi connectivity index (χ0v) is 15.5. The first kappa shape index (κ1) is 18.2. The minimum absolute atomic E-state index is 0.00657. The lowest BCUT2D eigenvalue weighted by Gasteiger charge is -2.15. The summed E-state index contributed by atoms with van der Waals surface area (Å²) in [6.07, 6.45) is 0. The lowest BCUT2D eigenvalue weighted by Crippen LogP contribution is -3.08. The van der Waals surface area contributed by atoms with Gasteiger partial charge < -0.3 is 10.2 Å². The number of quaternary nitrogens is 1. The van der Waals surface area contributed by atoms with E-state index in [2.05, 4.69) is 5.32 Å². The van der Waals surface area contributed by atoms with Crippen molar-refractivity contribution >= 4 is 23.2 Å². The van der Waals surface area contributed by atoms with Gasteiger partial charge in [-0.15, -0.1) is 0 Å². The summed E-state index contributed by atoms with van der Waals surface area (Å²) in [4.78, 5) is 13.6. The first-order valence-corrected chi connectivity index (χ1v) is 8.99. The minimum atomic E-state index is -0.00657. The molecule has 26 heavy (non-hydrogen) atoms. The fraction of sp³-hybridized carbons (Fsp3) is 0.136. The molecule has 0 radical (unpaired) electrons. The second kappa shape index (κ2) is 8.65. The van der Waals surface area contributed by atoms with Crippen molar-refractivity contribution in [2.24, 2.45) is 0 Å². The van der Waals surface area contributed by atoms with Crippen LogP contribution in [0.1, 0.15) is 5.56 Å². The van der Waals surface area contributed by atoms with E-state index in [1.807, 2.05) is 85.9 Å². The summed E-state index contributed by atoms with van der Waals surface area (Å²) in [5.74, 6) is -0.00657. The second-order valence-electron chi connectivity index (χ2n) is 6.40. The molecule has 132 valence electrons. The Labute approximate surface area is 159 Å². The Morgan fingerprint density at radius 1 is 0.962 bits per heavy atom. The van der Waals surface area contributed by atoms with Crippen molar-refractivity contribution in [2.45, 2.75) is 6.54 Å². The van der Waals surface area contributed by atoms with Gasteiger partial charge in [-0.3, -0.25) is 4.79 Å². The second-order valence-corrected chi connectivity index (χ2v) is 6.84. The third kappa shape index (κ3) is 4.94. The monoisotopic (exact) mass is 365 g/mol. The number of benzene rings is 3. The van der Waals surface area contributed by atoms with Crippen LogP contribution in [0.5, 0.6) is 0 Å². The predicted molar refractivity (Wildman–Crippen MR) is 107 cm³/mol. The minimum Gasteiger partial charge on any atom is -0.326 e. The first-order valence-electron chi connectivity index (χ1n) is 8.62. The maximum absolute atomic E-state index is 12.5. The molecule has 1 unspecified atom stereocenters. The SMILES string of the molecule is C[NH+](CC(=O)Nc1ccccc1-c1ccccc1)Cc1cccc(Cl)c1. The number of hydrogen-bond donors (Lipinski definition) is 2. The molecule has 0 fully saturated rings. The van der Waals surface area contributed by atoms with Crippen molar-refractivity contribution in [3.63, 3.8) is 0 Å². The van der Waals surface area contributed by atoms with Gasteiger partial charge in [0.2, 0.25) is 0 Å². The van der Waals surface area contributed by atoms with E-state index in [4.69, 9.17) is 11.6 Å². The van der Waals surface area contributed by atoms with Crippen molar-refractivity contribution in [2.75, 3.05) is 18.9 Å². The van der Waals surface area contributed by atoms with Gasteiger partial charge in [0.05, 0.1) is 7.05 Å². The van der Waals surface area contributed by atoms with Gasteiger partial charge in [0, 0.05) is 21.8 Å². The van der Waals surface area contributed by atoms with Crippen LogP contribution in [-0.4, -0.2) is 19.5 Å². The Morgan fingerprint density at radius 2 is 1.69 bits per heavy atom. The van der Waals surface area contributed by atoms with Crippen LogP contribution in [0.15, 0.2) is 78.9 Å². The van der Waals surface area contributed by atoms with Crippen molar-refractivity contribution < 1.29 is 9.69 Å². The van der Waals surface area contributed by atoms with Crippen LogP contribution < -0.4 is 10.2 Å². The Hall–Kier alpha value is -2.62. The summed E-state index contributed by atoms with van der Waals surface area (Å²) < 4.78 is 0. The topological polar surface area (TPSA) is 33.5 Å². The number of carbonyl (C=O) groups is 1. The van der Waals surface area contributed by atoms with E-state index >= 15 is 0 Å². The summed E-state index contributed by atoms with van der Waals surface area (Å²) in [5, 5.41) is 3.77. The van der Waals surface area contributed by atoms with Crippen LogP contribution in [-0.2, 0) is 11.3 Å². The van der Waals surface area contributed by atoms with Crippen LogP contribution in [0.2, 0.25) is 5.02 Å². The van der Waals surface area contributed by atoms with Crippen molar-refractivity contribution in [1.82, 2.24) is 0 Å². The Kier molecular flexibility index (Phi) is 6.05. The molecule has 1 atom stereocenters. The van der Waals surface area contributed by atoms with Gasteiger partial charge in [-0.1, -0.05) is 72.3 Å². The number of likely N-dealkylation sites (N-methyl/N-ethyl adjacent to an activating group) is 1. The maximum atomic E-state index is 12.5. The van der Waals surface area contributed by atoms with Crippen LogP contribution >= 0.6 is 11.6 Å². The molecule has 0 aliphatic heterocycles. The predicted octanol–water partition coefficient (Wildman–Crippen LogP) is 3.66. The lowest BCUT2D eigenvalue weighted by atomic mass is 10.0. The number of anilines is 1. The van der Waals surface area contributed by atoms with Crippen molar-refractivity contribution in [3.8, 4) is 11.1 Å². The maximum Gasteiger partial charge on any atom is 0.279 e. The molecular weight excluding hydrogens is 344 g/mol. The fourth-order valence-electron chi connectivity index (χ4n) is 2.99. The zero-order valence-electron chi connectivity index (χ0n) is 14.7. The summed E-state index contributed by atoms with van der Waals surface area (Å²) in [5.41, 5.74) is 4.06. The fourth-order valence-corrected chi connectivity index (χ4v) is 3.20. The molecule has 4 heteroatoms. The zero-order chi connectivity index (χ0) is 18.4. The highest BCUT2D eigenvalue weighted by molar-refractivity contribution is 6.30. The molecule has 2 N–H and O–H groups in total. The molecule has 0 aromatic heterocycles. The van der Waals surface area contributed by atoms with E-state index in [1.165, 1.54) is 0 Å². The first-order chi connectivity index (χ1) is 12.6. The molecule has 0 spiro atoms. The van der Waals surface area contributed by atoms with Crippen LogP contribution in [0.25, 0.3) is 11.1 Å². The average Bonchev–Trinajstić information content (AvgIpc) is 2.62. The van der Waals surface area contributed by atoms with Crippen LogP contribution in [0.4, 0.5) is 5.69 Å². The van der Waals surface area contributed by atoms with Gasteiger partial charge >= 0.3 is 0 Å². The molecule has 3 aromatic rings. The Morgan fingerprint density at radius 3 is 2.46 bits per heavy atom. The third-order valence-corrected chi connectivity index (χ3v) is 4.38. The van der Waals surface area contributed by atoms with E-state index in [0.717, 1.165) is 38.8 Å². The van der Waals surface area contributed by atoms with Gasteiger partial charge in [-0.25, -0.2) is 0 Å². The number of amides is 1. The Bertz CT molecular complexity index is 880. The molecular formula is C22H22ClN2O+. The number of halogens is 1. The molecule has 3 rings (SSSR count). The largest absolute Gasteiger partial charge is 0.326 e. The average molecular weight is 366 g/mol. The molecule has 0 aliphatic rings. The summed E-state index contributed by atoms with van der Waals surface area (Å²) in [7, 11) is 2.00. The number of para-hydroxylation sites is 1. The van der Waals surface area contributed by atoms with Gasteiger partial charge in [0.25, 0.3) is 5.91 Å². The Balaban J connectivity index is 1.65. The quantitative estimate of drug-likeness (QED) is 0.686. The summed E-state index contributed by atoms with van der Waals surface area (Å²) >= 11 is 6.03. The number of rotatable bonds is 6. The summed E-state index contributed by atoms with van der Waals surface area (Å²) in [6.45, 7) is 1.13. The van der Waals surface area contributed by atoms with E-state index in [0.29, 0.717) is 6.54 Å². The van der Waals surface area contributed by atoms with Gasteiger partial charge in [-0.05, 0) is 23.8 Å². The molecule has 0 heterocycles. The third-order valence-electron chi connectivity index (χ3n) is 4.14. The number of hydrogen-bond acceptors (Lipinski definition) is 1. The van der Waals surface area contributed by atoms with Crippen molar-refractivity contribution in [3.05, 3.63) is 89.4 Å². The van der Waals surface area contributed by atoms with E-state index in [-0.39, 0.29) is 5.91 Å². The van der Waals surface area contributed by atoms with E-state index in [1.54, 1.807) is 0 Å². The van der Waals surface area contributed by atoms with E-state index in [9.17, 15) is 4.79 Å². The standard InChI is InChI=1S/C22H21ClN2O/c1-25(15-17-8-7-11-19(23)14-17)16-22(26)24-21-13-6-5-12-20(21)18-9-3-2-4-10-18/h2-14H,15-16H2,1H3,(H,24,26)/p+1. The molecule has 0 aliphatic carbocycles. The van der Waals surface area contributed by atoms with E-state index < -0.39 is 0 Å². The smallest absolute Gasteiger partial charge is 0.279 e. The summed E-state index contributed by atoms with van der Waals surface area (Å²) in [6, 6.07) is 25.7. The van der Waals surface area contributed by atoms with Crippen LogP contribution in [0, 0.1) is 0 Å². The number of nitrogens with one attached hydrogen (secondary N) is 2. The lowest BCUT2D eigenvalue weighted by molar-refractivity contribution is -0.885. The molecule has 3 nitrogen and oxygen atoms in total. The van der Waals surface area contributed by atoms with Gasteiger partial charge in [-0.2, -0.15) is 0 Å². The normalized spacial score (nSPS) is 11.8. The highest BCUT2D eigenvalue weighted by atomic mass is 35.5. The molecule has 1 amide bonds. The van der Waals surface area contributed by atoms with Crippen LogP contribution in [0.3, 0.4) is 0 Å². The molecule has 0 bridgehead atoms. The molecule has 0 saturated heterocycles. The number of carbonyl (C=O) groups excluding carboxylic acids is 1. The van der Waals surface area contributed by atoms with Crippen molar-refractivity contribution in [1.29, 1.82) is 0 Å². The molecule has 3 aromatic carbocycles. The molecule has 0 saturated carbocycles. The highest BCUT2D eigenvalue weighted by Gasteiger charge is 2.13. The highest BCUT2D eigenvalue weighted by Crippen LogP contribution is 2.27. The van der Waals surface area contributed by atoms with Gasteiger partial charge in [0.1, 0.15) is 6.54 Å².